The predicted octanol–water partition coefficient (Wildman–Crippen LogP) is 3.06. The number of aliphatic hydroxyl groups excluding tert-OH is 1. The van der Waals surface area contributed by atoms with Crippen LogP contribution in [0.4, 0.5) is 5.69 Å². The Labute approximate surface area is 145 Å². The molecule has 1 aliphatic rings. The molecule has 0 atom stereocenters. The molecule has 1 amide bonds. The van der Waals surface area contributed by atoms with Gasteiger partial charge in [0.2, 0.25) is 0 Å². The Kier molecular flexibility index (Phi) is 5.91. The molecule has 6 heteroatoms. The molecule has 1 aliphatic heterocycles. The van der Waals surface area contributed by atoms with Crippen LogP contribution in [0.5, 0.6) is 5.75 Å². The maximum Gasteiger partial charge on any atom is 0.262 e. The molecule has 0 radical (unpaired) electrons. The summed E-state index contributed by atoms with van der Waals surface area (Å²) in [6, 6.07) is 15.8. The lowest BCUT2D eigenvalue weighted by Gasteiger charge is -2.10. The lowest BCUT2D eigenvalue weighted by molar-refractivity contribution is -0.114. The van der Waals surface area contributed by atoms with Gasteiger partial charge in [-0.3, -0.25) is 9.79 Å². The highest BCUT2D eigenvalue weighted by molar-refractivity contribution is 5.95. The molecule has 0 saturated heterocycles. The summed E-state index contributed by atoms with van der Waals surface area (Å²) in [6.07, 6.45) is 3.18. The quantitative estimate of drug-likeness (QED) is 0.510. The number of hydrogen-bond acceptors (Lipinski definition) is 5. The van der Waals surface area contributed by atoms with Crippen molar-refractivity contribution in [2.24, 2.45) is 10.7 Å². The van der Waals surface area contributed by atoms with Crippen molar-refractivity contribution >= 4 is 17.8 Å². The average molecular weight is 335 g/mol. The van der Waals surface area contributed by atoms with Gasteiger partial charge in [-0.05, 0) is 17.7 Å². The molecule has 0 fully saturated rings. The number of benzene rings is 2. The SMILES string of the molecule is COc1ccc(-c2ccccc2)c2c1CC=N2.N#C/C(=C/O)C(N)=O. The molecule has 0 aliphatic carbocycles. The molecule has 0 bridgehead atoms. The van der Waals surface area contributed by atoms with Gasteiger partial charge in [0.1, 0.15) is 18.1 Å². The van der Waals surface area contributed by atoms with Crippen LogP contribution in [-0.2, 0) is 11.2 Å². The second-order valence-corrected chi connectivity index (χ2v) is 5.04. The van der Waals surface area contributed by atoms with Crippen LogP contribution in [0.15, 0.2) is 59.3 Å². The number of hydrogen-bond donors (Lipinski definition) is 2. The summed E-state index contributed by atoms with van der Waals surface area (Å²) < 4.78 is 5.37. The van der Waals surface area contributed by atoms with Gasteiger partial charge in [-0.15, -0.1) is 0 Å². The van der Waals surface area contributed by atoms with Crippen LogP contribution in [0, 0.1) is 11.3 Å². The molecule has 25 heavy (non-hydrogen) atoms. The molecule has 0 saturated carbocycles. The van der Waals surface area contributed by atoms with Crippen LogP contribution in [0.1, 0.15) is 5.56 Å². The van der Waals surface area contributed by atoms with Crippen LogP contribution >= 0.6 is 0 Å². The van der Waals surface area contributed by atoms with Crippen LogP contribution < -0.4 is 10.5 Å². The van der Waals surface area contributed by atoms with Gasteiger partial charge >= 0.3 is 0 Å². The van der Waals surface area contributed by atoms with Crippen molar-refractivity contribution in [1.29, 1.82) is 5.26 Å². The van der Waals surface area contributed by atoms with E-state index in [0.717, 1.165) is 17.9 Å². The van der Waals surface area contributed by atoms with Crippen molar-refractivity contribution in [3.63, 3.8) is 0 Å². The molecule has 6 nitrogen and oxygen atoms in total. The number of carbonyl (C=O) groups is 1. The third-order valence-corrected chi connectivity index (χ3v) is 3.58. The van der Waals surface area contributed by atoms with Gasteiger partial charge in [-0.2, -0.15) is 5.26 Å². The van der Waals surface area contributed by atoms with Gasteiger partial charge in [-0.25, -0.2) is 0 Å². The Balaban J connectivity index is 0.000000242. The minimum absolute atomic E-state index is 0.377. The van der Waals surface area contributed by atoms with Gasteiger partial charge in [0.25, 0.3) is 5.91 Å². The molecular weight excluding hydrogens is 318 g/mol. The highest BCUT2D eigenvalue weighted by atomic mass is 16.5. The third kappa shape index (κ3) is 4.03. The molecular formula is C19H17N3O3. The van der Waals surface area contributed by atoms with E-state index in [1.807, 2.05) is 30.5 Å². The Bertz CT molecular complexity index is 865. The van der Waals surface area contributed by atoms with Crippen molar-refractivity contribution < 1.29 is 14.6 Å². The lowest BCUT2D eigenvalue weighted by atomic mass is 9.99. The van der Waals surface area contributed by atoms with E-state index in [0.29, 0.717) is 6.26 Å². The number of ether oxygens (including phenoxy) is 1. The number of carbonyl (C=O) groups excluding carboxylic acids is 1. The smallest absolute Gasteiger partial charge is 0.262 e. The summed E-state index contributed by atoms with van der Waals surface area (Å²) in [5.41, 5.74) is 8.74. The van der Waals surface area contributed by atoms with E-state index >= 15 is 0 Å². The van der Waals surface area contributed by atoms with Crippen LogP contribution in [-0.4, -0.2) is 24.3 Å². The number of nitrogens with zero attached hydrogens (tertiary/aromatic N) is 2. The second kappa shape index (κ2) is 8.31. The fourth-order valence-electron chi connectivity index (χ4n) is 2.38. The predicted molar refractivity (Wildman–Crippen MR) is 95.8 cm³/mol. The largest absolute Gasteiger partial charge is 0.514 e. The summed E-state index contributed by atoms with van der Waals surface area (Å²) in [5.74, 6) is 0.00665. The summed E-state index contributed by atoms with van der Waals surface area (Å²) in [6.45, 7) is 0. The van der Waals surface area contributed by atoms with Crippen molar-refractivity contribution in [3.05, 3.63) is 59.9 Å². The van der Waals surface area contributed by atoms with Crippen molar-refractivity contribution in [2.75, 3.05) is 7.11 Å². The van der Waals surface area contributed by atoms with Gasteiger partial charge < -0.3 is 15.6 Å². The monoisotopic (exact) mass is 335 g/mol. The van der Waals surface area contributed by atoms with E-state index in [4.69, 9.17) is 15.1 Å². The number of methoxy groups -OCH3 is 1. The Hall–Kier alpha value is -3.59. The summed E-state index contributed by atoms with van der Waals surface area (Å²) >= 11 is 0. The maximum absolute atomic E-state index is 9.93. The van der Waals surface area contributed by atoms with Crippen LogP contribution in [0.3, 0.4) is 0 Å². The fourth-order valence-corrected chi connectivity index (χ4v) is 2.38. The fraction of sp³-hybridized carbons (Fsp3) is 0.105. The second-order valence-electron chi connectivity index (χ2n) is 5.04. The standard InChI is InChI=1S/C15H13NO.C4H4N2O2/c1-17-14-8-7-12(11-5-3-2-4-6-11)15-13(14)9-10-16-15;5-1-3(2-7)4(6)8/h2-8,10H,9H2,1H3;2,7H,(H2,6,8)/b;3-2-. The molecule has 126 valence electrons. The molecule has 1 heterocycles. The average Bonchev–Trinajstić information content (AvgIpc) is 3.13. The molecule has 3 N–H and O–H groups in total. The number of nitrogens with two attached hydrogens (primary N) is 1. The molecule has 2 aromatic rings. The first kappa shape index (κ1) is 17.8. The highest BCUT2D eigenvalue weighted by Crippen LogP contribution is 2.40. The minimum Gasteiger partial charge on any atom is -0.514 e. The van der Waals surface area contributed by atoms with Gasteiger partial charge in [0, 0.05) is 23.8 Å². The number of rotatable bonds is 3. The van der Waals surface area contributed by atoms with Gasteiger partial charge in [0.15, 0.2) is 5.57 Å². The van der Waals surface area contributed by atoms with Crippen LogP contribution in [0.2, 0.25) is 0 Å². The number of primary amides is 1. The molecule has 3 rings (SSSR count). The normalized spacial score (nSPS) is 11.8. The van der Waals surface area contributed by atoms with E-state index < -0.39 is 11.5 Å². The number of nitriles is 1. The number of aliphatic imine (C=N–C) groups is 1. The maximum atomic E-state index is 9.93. The summed E-state index contributed by atoms with van der Waals surface area (Å²) in [4.78, 5) is 14.4. The minimum atomic E-state index is -0.921. The Morgan fingerprint density at radius 2 is 2.04 bits per heavy atom. The number of amides is 1. The summed E-state index contributed by atoms with van der Waals surface area (Å²) in [5, 5.41) is 15.9. The van der Waals surface area contributed by atoms with E-state index in [-0.39, 0.29) is 0 Å². The highest BCUT2D eigenvalue weighted by Gasteiger charge is 2.17. The summed E-state index contributed by atoms with van der Waals surface area (Å²) in [7, 11) is 1.70. The Morgan fingerprint density at radius 3 is 2.56 bits per heavy atom. The molecule has 0 aromatic heterocycles. The van der Waals surface area contributed by atoms with Gasteiger partial charge in [-0.1, -0.05) is 30.3 Å². The molecule has 2 aromatic carbocycles. The Morgan fingerprint density at radius 1 is 1.32 bits per heavy atom. The van der Waals surface area contributed by atoms with E-state index in [9.17, 15) is 4.79 Å². The first-order chi connectivity index (χ1) is 12.1. The van der Waals surface area contributed by atoms with Gasteiger partial charge in [0.05, 0.1) is 12.8 Å². The zero-order valence-corrected chi connectivity index (χ0v) is 13.6. The van der Waals surface area contributed by atoms with Crippen molar-refractivity contribution in [1.82, 2.24) is 0 Å². The zero-order chi connectivity index (χ0) is 18.2. The van der Waals surface area contributed by atoms with E-state index in [1.165, 1.54) is 22.8 Å². The lowest BCUT2D eigenvalue weighted by Crippen LogP contribution is -2.12. The topological polar surface area (TPSA) is 109 Å². The zero-order valence-electron chi connectivity index (χ0n) is 13.6. The molecule has 0 spiro atoms. The van der Waals surface area contributed by atoms with Crippen LogP contribution in [0.25, 0.3) is 11.1 Å². The first-order valence-corrected chi connectivity index (χ1v) is 7.44. The van der Waals surface area contributed by atoms with E-state index in [2.05, 4.69) is 28.9 Å². The number of aliphatic hydroxyl groups is 1. The van der Waals surface area contributed by atoms with E-state index in [1.54, 1.807) is 7.11 Å². The van der Waals surface area contributed by atoms with Crippen molar-refractivity contribution in [3.8, 4) is 22.9 Å². The first-order valence-electron chi connectivity index (χ1n) is 7.44. The third-order valence-electron chi connectivity index (χ3n) is 3.58. The van der Waals surface area contributed by atoms with Crippen molar-refractivity contribution in [2.45, 2.75) is 6.42 Å². The molecule has 0 unspecified atom stereocenters. The number of fused-ring (bicyclic) bond motifs is 1.